The highest BCUT2D eigenvalue weighted by molar-refractivity contribution is 5.72. The summed E-state index contributed by atoms with van der Waals surface area (Å²) in [6.07, 6.45) is 1.67. The predicted molar refractivity (Wildman–Crippen MR) is 87.1 cm³/mol. The van der Waals surface area contributed by atoms with Gasteiger partial charge in [-0.25, -0.2) is 9.78 Å². The average Bonchev–Trinajstić information content (AvgIpc) is 3.03. The van der Waals surface area contributed by atoms with Crippen LogP contribution in [-0.2, 0) is 24.3 Å². The van der Waals surface area contributed by atoms with E-state index < -0.39 is 12.1 Å². The van der Waals surface area contributed by atoms with Crippen LogP contribution in [0.25, 0.3) is 0 Å². The molecule has 0 aliphatic carbocycles. The fourth-order valence-electron chi connectivity index (χ4n) is 2.85. The maximum Gasteiger partial charge on any atom is 0.344 e. The van der Waals surface area contributed by atoms with Crippen LogP contribution in [0.5, 0.6) is 11.5 Å². The number of aromatic amines is 1. The number of imidazole rings is 1. The maximum absolute atomic E-state index is 11.1. The number of ether oxygens (including phenoxy) is 2. The van der Waals surface area contributed by atoms with Crippen molar-refractivity contribution in [2.75, 3.05) is 13.7 Å². The molecule has 2 N–H and O–H groups in total. The Hall–Kier alpha value is -2.54. The number of H-pyrrole nitrogens is 1. The monoisotopic (exact) mass is 331 g/mol. The molecule has 3 rings (SSSR count). The molecule has 1 aliphatic rings. The van der Waals surface area contributed by atoms with Gasteiger partial charge in [0.1, 0.15) is 0 Å². The Morgan fingerprint density at radius 3 is 3.08 bits per heavy atom. The highest BCUT2D eigenvalue weighted by Crippen LogP contribution is 2.33. The fraction of sp³-hybridized carbons (Fsp3) is 0.412. The number of rotatable bonds is 6. The second-order valence-electron chi connectivity index (χ2n) is 5.84. The molecule has 0 bridgehead atoms. The van der Waals surface area contributed by atoms with E-state index in [1.165, 1.54) is 6.92 Å². The van der Waals surface area contributed by atoms with E-state index in [-0.39, 0.29) is 0 Å². The van der Waals surface area contributed by atoms with Gasteiger partial charge < -0.3 is 19.6 Å². The van der Waals surface area contributed by atoms with Gasteiger partial charge in [0.05, 0.1) is 24.8 Å². The number of para-hydroxylation sites is 1. The van der Waals surface area contributed by atoms with Crippen LogP contribution in [-0.4, -0.2) is 45.7 Å². The van der Waals surface area contributed by atoms with Crippen LogP contribution in [0.1, 0.15) is 23.9 Å². The van der Waals surface area contributed by atoms with Gasteiger partial charge in [0, 0.05) is 31.6 Å². The zero-order valence-electron chi connectivity index (χ0n) is 13.8. The van der Waals surface area contributed by atoms with E-state index in [2.05, 4.69) is 14.9 Å². The molecule has 1 unspecified atom stereocenters. The number of nitrogens with one attached hydrogen (secondary N) is 1. The van der Waals surface area contributed by atoms with E-state index in [9.17, 15) is 4.79 Å². The van der Waals surface area contributed by atoms with Crippen molar-refractivity contribution in [1.82, 2.24) is 14.9 Å². The third-order valence-corrected chi connectivity index (χ3v) is 4.17. The number of nitrogens with zero attached hydrogens (tertiary/aromatic N) is 2. The largest absolute Gasteiger partial charge is 0.493 e. The number of aliphatic carboxylic acids is 1. The Morgan fingerprint density at radius 2 is 2.33 bits per heavy atom. The number of hydrogen-bond donors (Lipinski definition) is 2. The predicted octanol–water partition coefficient (Wildman–Crippen LogP) is 1.83. The van der Waals surface area contributed by atoms with Crippen LogP contribution in [0.4, 0.5) is 0 Å². The molecular formula is C17H21N3O4. The molecule has 0 amide bonds. The van der Waals surface area contributed by atoms with Crippen LogP contribution in [0.3, 0.4) is 0 Å². The molecule has 1 aromatic carbocycles. The van der Waals surface area contributed by atoms with Gasteiger partial charge in [0.15, 0.2) is 17.6 Å². The molecule has 2 heterocycles. The van der Waals surface area contributed by atoms with E-state index >= 15 is 0 Å². The Balaban J connectivity index is 1.81. The molecule has 2 aromatic rings. The number of fused-ring (bicyclic) bond motifs is 1. The highest BCUT2D eigenvalue weighted by Gasteiger charge is 2.22. The molecule has 1 aliphatic heterocycles. The van der Waals surface area contributed by atoms with Crippen LogP contribution >= 0.6 is 0 Å². The summed E-state index contributed by atoms with van der Waals surface area (Å²) in [4.78, 5) is 20.9. The quantitative estimate of drug-likeness (QED) is 0.840. The lowest BCUT2D eigenvalue weighted by Gasteiger charge is -2.27. The molecule has 0 spiro atoms. The van der Waals surface area contributed by atoms with E-state index in [4.69, 9.17) is 14.6 Å². The molecule has 7 heteroatoms. The van der Waals surface area contributed by atoms with E-state index in [0.717, 1.165) is 36.5 Å². The summed E-state index contributed by atoms with van der Waals surface area (Å²) in [6, 6.07) is 5.60. The summed E-state index contributed by atoms with van der Waals surface area (Å²) >= 11 is 0. The summed E-state index contributed by atoms with van der Waals surface area (Å²) < 4.78 is 11.0. The molecule has 0 fully saturated rings. The number of aromatic nitrogens is 2. The number of carboxylic acid groups (broad SMARTS) is 1. The number of carbonyl (C=O) groups is 1. The molecular weight excluding hydrogens is 310 g/mol. The average molecular weight is 331 g/mol. The van der Waals surface area contributed by atoms with Crippen LogP contribution in [0, 0.1) is 0 Å². The summed E-state index contributed by atoms with van der Waals surface area (Å²) in [5.41, 5.74) is 3.16. The number of benzene rings is 1. The van der Waals surface area contributed by atoms with Gasteiger partial charge >= 0.3 is 5.97 Å². The van der Waals surface area contributed by atoms with E-state index in [1.54, 1.807) is 19.5 Å². The van der Waals surface area contributed by atoms with Gasteiger partial charge in [-0.3, -0.25) is 4.90 Å². The number of hydrogen-bond acceptors (Lipinski definition) is 5. The summed E-state index contributed by atoms with van der Waals surface area (Å²) in [5, 5.41) is 9.12. The molecule has 0 saturated heterocycles. The minimum atomic E-state index is -1.01. The third-order valence-electron chi connectivity index (χ3n) is 4.17. The maximum atomic E-state index is 11.1. The summed E-state index contributed by atoms with van der Waals surface area (Å²) in [5.74, 6) is 0.0251. The van der Waals surface area contributed by atoms with Crippen molar-refractivity contribution >= 4 is 5.97 Å². The first-order valence-corrected chi connectivity index (χ1v) is 7.87. The third kappa shape index (κ3) is 3.35. The Bertz CT molecular complexity index is 728. The van der Waals surface area contributed by atoms with E-state index in [1.807, 2.05) is 12.1 Å². The van der Waals surface area contributed by atoms with Crippen LogP contribution < -0.4 is 9.47 Å². The van der Waals surface area contributed by atoms with Gasteiger partial charge in [-0.1, -0.05) is 12.1 Å². The van der Waals surface area contributed by atoms with E-state index in [0.29, 0.717) is 18.0 Å². The van der Waals surface area contributed by atoms with Crippen LogP contribution in [0.2, 0.25) is 0 Å². The topological polar surface area (TPSA) is 87.7 Å². The zero-order chi connectivity index (χ0) is 17.1. The highest BCUT2D eigenvalue weighted by atomic mass is 16.5. The first kappa shape index (κ1) is 16.3. The summed E-state index contributed by atoms with van der Waals surface area (Å²) in [6.45, 7) is 3.83. The normalized spacial score (nSPS) is 15.6. The van der Waals surface area contributed by atoms with Gasteiger partial charge in [-0.15, -0.1) is 0 Å². The van der Waals surface area contributed by atoms with Gasteiger partial charge in [-0.2, -0.15) is 0 Å². The molecule has 7 nitrogen and oxygen atoms in total. The van der Waals surface area contributed by atoms with Crippen molar-refractivity contribution in [2.45, 2.75) is 32.5 Å². The SMILES string of the molecule is COc1cccc(CN2CCc3nc[nH]c3C2)c1OC(C)C(=O)O. The minimum Gasteiger partial charge on any atom is -0.493 e. The smallest absolute Gasteiger partial charge is 0.344 e. The molecule has 0 saturated carbocycles. The lowest BCUT2D eigenvalue weighted by Crippen LogP contribution is -2.31. The Labute approximate surface area is 140 Å². The van der Waals surface area contributed by atoms with Crippen molar-refractivity contribution in [1.29, 1.82) is 0 Å². The van der Waals surface area contributed by atoms with Gasteiger partial charge in [0.2, 0.25) is 0 Å². The molecule has 24 heavy (non-hydrogen) atoms. The first-order chi connectivity index (χ1) is 11.6. The summed E-state index contributed by atoms with van der Waals surface area (Å²) in [7, 11) is 1.55. The Kier molecular flexibility index (Phi) is 4.71. The number of methoxy groups -OCH3 is 1. The van der Waals surface area contributed by atoms with Crippen molar-refractivity contribution in [3.05, 3.63) is 41.5 Å². The molecule has 1 aromatic heterocycles. The zero-order valence-corrected chi connectivity index (χ0v) is 13.8. The fourth-order valence-corrected chi connectivity index (χ4v) is 2.85. The van der Waals surface area contributed by atoms with Crippen molar-refractivity contribution in [2.24, 2.45) is 0 Å². The van der Waals surface area contributed by atoms with Gasteiger partial charge in [-0.05, 0) is 13.0 Å². The Morgan fingerprint density at radius 1 is 1.50 bits per heavy atom. The first-order valence-electron chi connectivity index (χ1n) is 7.87. The van der Waals surface area contributed by atoms with Gasteiger partial charge in [0.25, 0.3) is 0 Å². The molecule has 1 atom stereocenters. The second-order valence-corrected chi connectivity index (χ2v) is 5.84. The van der Waals surface area contributed by atoms with Crippen molar-refractivity contribution in [3.63, 3.8) is 0 Å². The van der Waals surface area contributed by atoms with Crippen molar-refractivity contribution in [3.8, 4) is 11.5 Å². The van der Waals surface area contributed by atoms with Crippen molar-refractivity contribution < 1.29 is 19.4 Å². The molecule has 0 radical (unpaired) electrons. The minimum absolute atomic E-state index is 0.491. The second kappa shape index (κ2) is 6.92. The standard InChI is InChI=1S/C17H21N3O4/c1-11(17(21)22)24-16-12(4-3-5-15(16)23-2)8-20-7-6-13-14(9-20)19-10-18-13/h3-5,10-11H,6-9H2,1-2H3,(H,18,19)(H,21,22). The lowest BCUT2D eigenvalue weighted by atomic mass is 10.1. The molecule has 128 valence electrons. The van der Waals surface area contributed by atoms with Crippen LogP contribution in [0.15, 0.2) is 24.5 Å². The number of carboxylic acids is 1. The lowest BCUT2D eigenvalue weighted by molar-refractivity contribution is -0.144.